The Morgan fingerprint density at radius 3 is 2.59 bits per heavy atom. The summed E-state index contributed by atoms with van der Waals surface area (Å²) in [6.45, 7) is 7.79. The summed E-state index contributed by atoms with van der Waals surface area (Å²) < 4.78 is 1.12. The number of hydrogen-bond donors (Lipinski definition) is 1. The molecule has 1 unspecified atom stereocenters. The monoisotopic (exact) mass is 296 g/mol. The highest BCUT2D eigenvalue weighted by atomic mass is 79.9. The van der Waals surface area contributed by atoms with Crippen LogP contribution in [-0.4, -0.2) is 12.1 Å². The number of nitrogens with two attached hydrogens (primary N) is 1. The fourth-order valence-electron chi connectivity index (χ4n) is 2.64. The van der Waals surface area contributed by atoms with E-state index in [0.717, 1.165) is 11.0 Å². The van der Waals surface area contributed by atoms with E-state index in [1.165, 1.54) is 24.1 Å². The highest BCUT2D eigenvalue weighted by Gasteiger charge is 2.32. The van der Waals surface area contributed by atoms with Gasteiger partial charge in [0.25, 0.3) is 0 Å². The minimum Gasteiger partial charge on any atom is -0.366 e. The first-order chi connectivity index (χ1) is 7.92. The number of halogens is 1. The van der Waals surface area contributed by atoms with E-state index in [1.54, 1.807) is 0 Å². The molecule has 17 heavy (non-hydrogen) atoms. The fourth-order valence-corrected chi connectivity index (χ4v) is 3.37. The maximum atomic E-state index is 5.93. The molecule has 1 atom stereocenters. The van der Waals surface area contributed by atoms with Gasteiger partial charge >= 0.3 is 0 Å². The lowest BCUT2D eigenvalue weighted by molar-refractivity contribution is 0.518. The van der Waals surface area contributed by atoms with Crippen molar-refractivity contribution in [3.05, 3.63) is 28.2 Å². The zero-order chi connectivity index (χ0) is 12.6. The second-order valence-corrected chi connectivity index (χ2v) is 6.42. The number of nitrogens with zero attached hydrogens (tertiary/aromatic N) is 1. The molecule has 1 heterocycles. The number of benzene rings is 1. The molecule has 1 aliphatic heterocycles. The molecule has 1 aromatic carbocycles. The molecular formula is C14H21BrN2. The molecule has 0 aromatic heterocycles. The smallest absolute Gasteiger partial charge is 0.0382 e. The molecule has 1 fully saturated rings. The van der Waals surface area contributed by atoms with Gasteiger partial charge in [-0.05, 0) is 51.3 Å². The van der Waals surface area contributed by atoms with E-state index in [4.69, 9.17) is 5.73 Å². The van der Waals surface area contributed by atoms with Crippen LogP contribution in [0.25, 0.3) is 0 Å². The molecule has 2 nitrogen and oxygen atoms in total. The molecule has 94 valence electrons. The van der Waals surface area contributed by atoms with Gasteiger partial charge in [-0.25, -0.2) is 0 Å². The lowest BCUT2D eigenvalue weighted by Gasteiger charge is -2.34. The second kappa shape index (κ2) is 4.62. The summed E-state index contributed by atoms with van der Waals surface area (Å²) >= 11 is 3.63. The van der Waals surface area contributed by atoms with Crippen LogP contribution in [0.15, 0.2) is 22.7 Å². The summed E-state index contributed by atoms with van der Waals surface area (Å²) in [6.07, 6.45) is 2.54. The second-order valence-electron chi connectivity index (χ2n) is 5.56. The van der Waals surface area contributed by atoms with Crippen molar-refractivity contribution in [3.63, 3.8) is 0 Å². The first-order valence-corrected chi connectivity index (χ1v) is 7.04. The molecule has 1 aliphatic rings. The summed E-state index contributed by atoms with van der Waals surface area (Å²) in [6, 6.07) is 6.60. The third-order valence-corrected chi connectivity index (χ3v) is 4.37. The molecule has 0 aliphatic carbocycles. The molecule has 2 N–H and O–H groups in total. The summed E-state index contributed by atoms with van der Waals surface area (Å²) in [5.74, 6) is 0. The molecule has 0 spiro atoms. The van der Waals surface area contributed by atoms with E-state index in [2.05, 4.69) is 52.9 Å². The maximum absolute atomic E-state index is 5.93. The maximum Gasteiger partial charge on any atom is 0.0382 e. The Morgan fingerprint density at radius 2 is 2.12 bits per heavy atom. The van der Waals surface area contributed by atoms with Crippen molar-refractivity contribution < 1.29 is 0 Å². The first-order valence-electron chi connectivity index (χ1n) is 6.24. The van der Waals surface area contributed by atoms with Crippen molar-refractivity contribution in [3.8, 4) is 0 Å². The largest absolute Gasteiger partial charge is 0.366 e. The van der Waals surface area contributed by atoms with Crippen molar-refractivity contribution in [1.82, 2.24) is 0 Å². The topological polar surface area (TPSA) is 29.3 Å². The van der Waals surface area contributed by atoms with Crippen LogP contribution < -0.4 is 10.6 Å². The van der Waals surface area contributed by atoms with Gasteiger partial charge in [0.15, 0.2) is 0 Å². The van der Waals surface area contributed by atoms with Gasteiger partial charge in [0.05, 0.1) is 0 Å². The summed E-state index contributed by atoms with van der Waals surface area (Å²) in [4.78, 5) is 2.49. The first kappa shape index (κ1) is 12.9. The average Bonchev–Trinajstić information content (AvgIpc) is 2.57. The van der Waals surface area contributed by atoms with Crippen LogP contribution in [0.5, 0.6) is 0 Å². The molecule has 0 radical (unpaired) electrons. The average molecular weight is 297 g/mol. The predicted octanol–water partition coefficient (Wildman–Crippen LogP) is 3.85. The van der Waals surface area contributed by atoms with Crippen LogP contribution in [0.3, 0.4) is 0 Å². The van der Waals surface area contributed by atoms with Gasteiger partial charge in [0.2, 0.25) is 0 Å². The molecule has 1 saturated heterocycles. The number of rotatable bonds is 2. The van der Waals surface area contributed by atoms with Gasteiger partial charge in [-0.2, -0.15) is 0 Å². The molecule has 3 heteroatoms. The molecule has 0 amide bonds. The van der Waals surface area contributed by atoms with Gasteiger partial charge in [-0.15, -0.1) is 0 Å². The number of anilines is 1. The minimum absolute atomic E-state index is 0.0741. The highest BCUT2D eigenvalue weighted by molar-refractivity contribution is 9.10. The molecule has 0 bridgehead atoms. The van der Waals surface area contributed by atoms with E-state index in [1.807, 2.05) is 6.92 Å². The Bertz CT molecular complexity index is 413. The minimum atomic E-state index is 0.0741. The fraction of sp³-hybridized carbons (Fsp3) is 0.571. The Morgan fingerprint density at radius 1 is 1.41 bits per heavy atom. The summed E-state index contributed by atoms with van der Waals surface area (Å²) in [5.41, 5.74) is 8.67. The van der Waals surface area contributed by atoms with Gasteiger partial charge in [0.1, 0.15) is 0 Å². The van der Waals surface area contributed by atoms with E-state index in [0.29, 0.717) is 0 Å². The van der Waals surface area contributed by atoms with Crippen molar-refractivity contribution in [2.45, 2.75) is 45.2 Å². The molecule has 2 rings (SSSR count). The lowest BCUT2D eigenvalue weighted by atomic mass is 10.0. The van der Waals surface area contributed by atoms with Crippen LogP contribution in [0.2, 0.25) is 0 Å². The van der Waals surface area contributed by atoms with E-state index < -0.39 is 0 Å². The van der Waals surface area contributed by atoms with E-state index >= 15 is 0 Å². The Kier molecular flexibility index (Phi) is 3.50. The molecule has 1 aromatic rings. The van der Waals surface area contributed by atoms with Crippen molar-refractivity contribution in [1.29, 1.82) is 0 Å². The third-order valence-electron chi connectivity index (χ3n) is 3.69. The van der Waals surface area contributed by atoms with Crippen LogP contribution >= 0.6 is 15.9 Å². The molecular weight excluding hydrogens is 276 g/mol. The predicted molar refractivity (Wildman–Crippen MR) is 77.4 cm³/mol. The Balaban J connectivity index is 2.32. The van der Waals surface area contributed by atoms with Crippen LogP contribution in [0, 0.1) is 0 Å². The zero-order valence-electron chi connectivity index (χ0n) is 10.8. The van der Waals surface area contributed by atoms with Gasteiger partial charge < -0.3 is 10.6 Å². The van der Waals surface area contributed by atoms with Crippen LogP contribution in [0.4, 0.5) is 5.69 Å². The van der Waals surface area contributed by atoms with E-state index in [9.17, 15) is 0 Å². The SMILES string of the molecule is CC(N)c1ccc(N2CCCC2(C)C)cc1Br. The van der Waals surface area contributed by atoms with Crippen molar-refractivity contribution >= 4 is 21.6 Å². The summed E-state index contributed by atoms with van der Waals surface area (Å²) in [5, 5.41) is 0. The van der Waals surface area contributed by atoms with Gasteiger partial charge in [0, 0.05) is 28.3 Å². The van der Waals surface area contributed by atoms with Gasteiger partial charge in [-0.1, -0.05) is 22.0 Å². The standard InChI is InChI=1S/C14H21BrN2/c1-10(16)12-6-5-11(9-13(12)15)17-8-4-7-14(17,2)3/h5-6,9-10H,4,7-8,16H2,1-3H3. The normalized spacial score (nSPS) is 20.6. The zero-order valence-corrected chi connectivity index (χ0v) is 12.4. The number of hydrogen-bond acceptors (Lipinski definition) is 2. The lowest BCUT2D eigenvalue weighted by Crippen LogP contribution is -2.38. The summed E-state index contributed by atoms with van der Waals surface area (Å²) in [7, 11) is 0. The van der Waals surface area contributed by atoms with Crippen LogP contribution in [-0.2, 0) is 0 Å². The third kappa shape index (κ3) is 2.50. The van der Waals surface area contributed by atoms with Gasteiger partial charge in [-0.3, -0.25) is 0 Å². The Hall–Kier alpha value is -0.540. The molecule has 0 saturated carbocycles. The quantitative estimate of drug-likeness (QED) is 0.898. The van der Waals surface area contributed by atoms with Crippen molar-refractivity contribution in [2.24, 2.45) is 5.73 Å². The van der Waals surface area contributed by atoms with Crippen LogP contribution in [0.1, 0.15) is 45.2 Å². The Labute approximate surface area is 112 Å². The van der Waals surface area contributed by atoms with Crippen molar-refractivity contribution in [2.75, 3.05) is 11.4 Å². The van der Waals surface area contributed by atoms with E-state index in [-0.39, 0.29) is 11.6 Å². The highest BCUT2D eigenvalue weighted by Crippen LogP contribution is 2.36.